The minimum absolute atomic E-state index is 0.782. The van der Waals surface area contributed by atoms with Gasteiger partial charge in [0.25, 0.3) is 0 Å². The molecule has 0 aliphatic heterocycles. The molecule has 0 aliphatic rings. The summed E-state index contributed by atoms with van der Waals surface area (Å²) in [6.45, 7) is 0.782. The number of nitrogens with two attached hydrogens (primary N) is 1. The Kier molecular flexibility index (Phi) is 4.33. The van der Waals surface area contributed by atoms with Crippen LogP contribution in [0.25, 0.3) is 0 Å². The highest BCUT2D eigenvalue weighted by Gasteiger charge is 1.95. The molecule has 0 aromatic heterocycles. The van der Waals surface area contributed by atoms with Crippen LogP contribution >= 0.6 is 0 Å². The summed E-state index contributed by atoms with van der Waals surface area (Å²) in [5, 5.41) is 0. The molecule has 1 aromatic carbocycles. The zero-order chi connectivity index (χ0) is 9.52. The molecule has 0 amide bonds. The first kappa shape index (κ1) is 10.1. The number of benzene rings is 1. The molecule has 0 spiro atoms. The summed E-state index contributed by atoms with van der Waals surface area (Å²) in [5.74, 6) is 0.935. The average molecular weight is 179 g/mol. The van der Waals surface area contributed by atoms with E-state index < -0.39 is 0 Å². The van der Waals surface area contributed by atoms with Crippen molar-refractivity contribution in [1.82, 2.24) is 0 Å². The molecule has 0 aliphatic carbocycles. The number of methoxy groups -OCH3 is 1. The highest BCUT2D eigenvalue weighted by atomic mass is 16.5. The van der Waals surface area contributed by atoms with Gasteiger partial charge in [0.2, 0.25) is 0 Å². The maximum Gasteiger partial charge on any atom is 0.119 e. The maximum absolute atomic E-state index is 5.42. The van der Waals surface area contributed by atoms with Gasteiger partial charge < -0.3 is 10.5 Å². The Hall–Kier alpha value is -1.02. The average Bonchev–Trinajstić information content (AvgIpc) is 2.19. The van der Waals surface area contributed by atoms with E-state index in [0.717, 1.165) is 31.6 Å². The van der Waals surface area contributed by atoms with Crippen LogP contribution in [-0.2, 0) is 6.42 Å². The van der Waals surface area contributed by atoms with Crippen LogP contribution in [0.15, 0.2) is 24.3 Å². The van der Waals surface area contributed by atoms with Crippen molar-refractivity contribution < 1.29 is 4.74 Å². The van der Waals surface area contributed by atoms with Crippen molar-refractivity contribution in [2.75, 3.05) is 13.7 Å². The van der Waals surface area contributed by atoms with Crippen molar-refractivity contribution in [2.45, 2.75) is 19.3 Å². The summed E-state index contributed by atoms with van der Waals surface area (Å²) in [4.78, 5) is 0. The monoisotopic (exact) mass is 179 g/mol. The van der Waals surface area contributed by atoms with Crippen molar-refractivity contribution in [3.05, 3.63) is 29.8 Å². The van der Waals surface area contributed by atoms with E-state index in [0.29, 0.717) is 0 Å². The first-order valence-electron chi connectivity index (χ1n) is 4.70. The van der Waals surface area contributed by atoms with E-state index in [1.807, 2.05) is 12.1 Å². The number of hydrogen-bond acceptors (Lipinski definition) is 2. The highest BCUT2D eigenvalue weighted by molar-refractivity contribution is 5.28. The zero-order valence-electron chi connectivity index (χ0n) is 8.12. The molecule has 0 atom stereocenters. The van der Waals surface area contributed by atoms with Gasteiger partial charge in [-0.15, -0.1) is 0 Å². The molecule has 0 bridgehead atoms. The third kappa shape index (κ3) is 3.47. The largest absolute Gasteiger partial charge is 0.497 e. The van der Waals surface area contributed by atoms with E-state index in [9.17, 15) is 0 Å². The van der Waals surface area contributed by atoms with Gasteiger partial charge in [-0.2, -0.15) is 0 Å². The summed E-state index contributed by atoms with van der Waals surface area (Å²) in [6.07, 6.45) is 3.34. The number of hydrogen-bond donors (Lipinski definition) is 1. The SMILES string of the molecule is COc1cccc(CCCCN)c1. The molecule has 0 heterocycles. The fourth-order valence-corrected chi connectivity index (χ4v) is 1.30. The van der Waals surface area contributed by atoms with Gasteiger partial charge in [0.15, 0.2) is 0 Å². The lowest BCUT2D eigenvalue weighted by atomic mass is 10.1. The highest BCUT2D eigenvalue weighted by Crippen LogP contribution is 2.14. The smallest absolute Gasteiger partial charge is 0.119 e. The molecule has 0 fully saturated rings. The minimum atomic E-state index is 0.782. The van der Waals surface area contributed by atoms with Gasteiger partial charge in [0.05, 0.1) is 7.11 Å². The van der Waals surface area contributed by atoms with Gasteiger partial charge in [0.1, 0.15) is 5.75 Å². The Morgan fingerprint density at radius 2 is 2.15 bits per heavy atom. The lowest BCUT2D eigenvalue weighted by Crippen LogP contribution is -1.99. The van der Waals surface area contributed by atoms with Crippen LogP contribution in [0.4, 0.5) is 0 Å². The van der Waals surface area contributed by atoms with Crippen LogP contribution in [0.5, 0.6) is 5.75 Å². The number of rotatable bonds is 5. The van der Waals surface area contributed by atoms with Gasteiger partial charge in [0, 0.05) is 0 Å². The van der Waals surface area contributed by atoms with E-state index in [4.69, 9.17) is 10.5 Å². The first-order chi connectivity index (χ1) is 6.36. The van der Waals surface area contributed by atoms with Gasteiger partial charge in [-0.1, -0.05) is 12.1 Å². The molecular weight excluding hydrogens is 162 g/mol. The topological polar surface area (TPSA) is 35.2 Å². The zero-order valence-corrected chi connectivity index (χ0v) is 8.12. The standard InChI is InChI=1S/C11H17NO/c1-13-11-7-4-6-10(9-11)5-2-3-8-12/h4,6-7,9H,2-3,5,8,12H2,1H3. The van der Waals surface area contributed by atoms with Crippen LogP contribution in [0, 0.1) is 0 Å². The molecule has 0 unspecified atom stereocenters. The Morgan fingerprint density at radius 1 is 1.31 bits per heavy atom. The van der Waals surface area contributed by atoms with Crippen molar-refractivity contribution in [3.63, 3.8) is 0 Å². The molecule has 2 N–H and O–H groups in total. The predicted molar refractivity (Wildman–Crippen MR) is 55.0 cm³/mol. The second-order valence-electron chi connectivity index (χ2n) is 3.10. The molecule has 0 saturated heterocycles. The van der Waals surface area contributed by atoms with Crippen molar-refractivity contribution in [2.24, 2.45) is 5.73 Å². The third-order valence-electron chi connectivity index (χ3n) is 2.05. The van der Waals surface area contributed by atoms with Gasteiger partial charge in [-0.25, -0.2) is 0 Å². The number of unbranched alkanes of at least 4 members (excludes halogenated alkanes) is 1. The second kappa shape index (κ2) is 5.60. The van der Waals surface area contributed by atoms with Crippen LogP contribution in [0.1, 0.15) is 18.4 Å². The van der Waals surface area contributed by atoms with Crippen molar-refractivity contribution in [3.8, 4) is 5.75 Å². The summed E-state index contributed by atoms with van der Waals surface area (Å²) in [6, 6.07) is 8.19. The number of aryl methyl sites for hydroxylation is 1. The molecule has 72 valence electrons. The Bertz CT molecular complexity index is 248. The van der Waals surface area contributed by atoms with Crippen LogP contribution in [0.2, 0.25) is 0 Å². The van der Waals surface area contributed by atoms with E-state index in [1.54, 1.807) is 7.11 Å². The molecule has 1 aromatic rings. The summed E-state index contributed by atoms with van der Waals surface area (Å²) >= 11 is 0. The van der Waals surface area contributed by atoms with Gasteiger partial charge in [-0.3, -0.25) is 0 Å². The van der Waals surface area contributed by atoms with E-state index >= 15 is 0 Å². The third-order valence-corrected chi connectivity index (χ3v) is 2.05. The van der Waals surface area contributed by atoms with Gasteiger partial charge >= 0.3 is 0 Å². The van der Waals surface area contributed by atoms with E-state index in [-0.39, 0.29) is 0 Å². The predicted octanol–water partition coefficient (Wildman–Crippen LogP) is 1.98. The molecular formula is C11H17NO. The fourth-order valence-electron chi connectivity index (χ4n) is 1.30. The van der Waals surface area contributed by atoms with Crippen LogP contribution in [-0.4, -0.2) is 13.7 Å². The lowest BCUT2D eigenvalue weighted by molar-refractivity contribution is 0.414. The molecule has 0 radical (unpaired) electrons. The van der Waals surface area contributed by atoms with Crippen LogP contribution < -0.4 is 10.5 Å². The maximum atomic E-state index is 5.42. The summed E-state index contributed by atoms with van der Waals surface area (Å²) in [5.41, 5.74) is 6.75. The van der Waals surface area contributed by atoms with Crippen molar-refractivity contribution >= 4 is 0 Å². The fraction of sp³-hybridized carbons (Fsp3) is 0.455. The first-order valence-corrected chi connectivity index (χ1v) is 4.70. The molecule has 2 nitrogen and oxygen atoms in total. The Morgan fingerprint density at radius 3 is 2.85 bits per heavy atom. The Labute approximate surface area is 79.7 Å². The summed E-state index contributed by atoms with van der Waals surface area (Å²) < 4.78 is 5.14. The summed E-state index contributed by atoms with van der Waals surface area (Å²) in [7, 11) is 1.69. The molecule has 0 saturated carbocycles. The van der Waals surface area contributed by atoms with Gasteiger partial charge in [-0.05, 0) is 43.5 Å². The Balaban J connectivity index is 2.46. The lowest BCUT2D eigenvalue weighted by Gasteiger charge is -2.03. The quantitative estimate of drug-likeness (QED) is 0.701. The second-order valence-corrected chi connectivity index (χ2v) is 3.10. The molecule has 1 rings (SSSR count). The normalized spacial score (nSPS) is 10.0. The minimum Gasteiger partial charge on any atom is -0.497 e. The molecule has 2 heteroatoms. The molecule has 13 heavy (non-hydrogen) atoms. The van der Waals surface area contributed by atoms with E-state index in [1.165, 1.54) is 5.56 Å². The van der Waals surface area contributed by atoms with Crippen molar-refractivity contribution in [1.29, 1.82) is 0 Å². The number of ether oxygens (including phenoxy) is 1. The van der Waals surface area contributed by atoms with Crippen LogP contribution in [0.3, 0.4) is 0 Å². The van der Waals surface area contributed by atoms with E-state index in [2.05, 4.69) is 12.1 Å².